The second-order valence-electron chi connectivity index (χ2n) is 9.59. The Kier molecular flexibility index (Phi) is 7.32. The summed E-state index contributed by atoms with van der Waals surface area (Å²) in [5.41, 5.74) is 1.28. The van der Waals surface area contributed by atoms with Crippen molar-refractivity contribution < 1.29 is 13.2 Å². The summed E-state index contributed by atoms with van der Waals surface area (Å²) in [4.78, 5) is 27.6. The van der Waals surface area contributed by atoms with Gasteiger partial charge in [0, 0.05) is 26.2 Å². The number of hydrogen-bond acceptors (Lipinski definition) is 8. The number of nitrogens with one attached hydrogen (secondary N) is 1. The second kappa shape index (κ2) is 10.5. The van der Waals surface area contributed by atoms with Crippen molar-refractivity contribution in [1.82, 2.24) is 33.9 Å². The minimum Gasteiger partial charge on any atom is -0.477 e. The van der Waals surface area contributed by atoms with Crippen molar-refractivity contribution in [2.45, 2.75) is 63.8 Å². The minimum atomic E-state index is -3.78. The van der Waals surface area contributed by atoms with E-state index < -0.39 is 10.0 Å². The van der Waals surface area contributed by atoms with Crippen molar-refractivity contribution in [1.29, 1.82) is 0 Å². The van der Waals surface area contributed by atoms with E-state index in [-0.39, 0.29) is 28.2 Å². The van der Waals surface area contributed by atoms with Gasteiger partial charge in [0.05, 0.1) is 30.1 Å². The molecule has 0 spiro atoms. The van der Waals surface area contributed by atoms with E-state index in [1.165, 1.54) is 16.6 Å². The van der Waals surface area contributed by atoms with Crippen LogP contribution in [0.2, 0.25) is 0 Å². The van der Waals surface area contributed by atoms with Crippen molar-refractivity contribution >= 4 is 21.1 Å². The molecule has 0 radical (unpaired) electrons. The lowest BCUT2D eigenvalue weighted by molar-refractivity contribution is 0.196. The molecule has 1 aliphatic carbocycles. The molecule has 37 heavy (non-hydrogen) atoms. The maximum atomic E-state index is 13.5. The molecule has 4 heterocycles. The van der Waals surface area contributed by atoms with Gasteiger partial charge in [0.15, 0.2) is 5.65 Å². The molecule has 11 nitrogen and oxygen atoms in total. The van der Waals surface area contributed by atoms with E-state index in [4.69, 9.17) is 14.8 Å². The first-order valence-corrected chi connectivity index (χ1v) is 14.7. The molecule has 2 fully saturated rings. The zero-order chi connectivity index (χ0) is 26.2. The number of hydrogen-bond donors (Lipinski definition) is 1. The third-order valence-electron chi connectivity index (χ3n) is 7.42. The Morgan fingerprint density at radius 3 is 2.49 bits per heavy atom. The van der Waals surface area contributed by atoms with E-state index in [1.54, 1.807) is 0 Å². The van der Waals surface area contributed by atoms with Crippen LogP contribution in [0.15, 0.2) is 22.0 Å². The fraction of sp³-hybridized carbons (Fsp3) is 0.600. The highest BCUT2D eigenvalue weighted by Gasteiger charge is 2.30. The quantitative estimate of drug-likeness (QED) is 0.472. The average Bonchev–Trinajstić information content (AvgIpc) is 3.57. The van der Waals surface area contributed by atoms with Gasteiger partial charge in [-0.05, 0) is 38.8 Å². The summed E-state index contributed by atoms with van der Waals surface area (Å²) in [6.07, 6.45) is 6.17. The number of aryl methyl sites for hydroxylation is 1. The Morgan fingerprint density at radius 1 is 1.11 bits per heavy atom. The number of piperazine rings is 1. The van der Waals surface area contributed by atoms with Gasteiger partial charge < -0.3 is 14.6 Å². The molecule has 0 atom stereocenters. The Balaban J connectivity index is 1.61. The summed E-state index contributed by atoms with van der Waals surface area (Å²) in [6.45, 7) is 9.29. The molecule has 1 saturated heterocycles. The number of sulfonamides is 1. The first kappa shape index (κ1) is 25.8. The normalized spacial score (nSPS) is 18.1. The van der Waals surface area contributed by atoms with Crippen LogP contribution in [0, 0.1) is 0 Å². The summed E-state index contributed by atoms with van der Waals surface area (Å²) < 4.78 is 36.1. The lowest BCUT2D eigenvalue weighted by atomic mass is 10.2. The molecule has 200 valence electrons. The molecule has 1 saturated carbocycles. The molecular formula is C25H35N7O4S. The van der Waals surface area contributed by atoms with Crippen LogP contribution in [0.1, 0.15) is 58.2 Å². The van der Waals surface area contributed by atoms with Crippen molar-refractivity contribution in [3.8, 4) is 17.3 Å². The summed E-state index contributed by atoms with van der Waals surface area (Å²) in [5, 5.41) is 5.24. The van der Waals surface area contributed by atoms with Crippen LogP contribution in [-0.2, 0) is 16.4 Å². The number of pyridine rings is 1. The van der Waals surface area contributed by atoms with Crippen LogP contribution in [0.3, 0.4) is 0 Å². The van der Waals surface area contributed by atoms with E-state index in [0.717, 1.165) is 32.2 Å². The molecule has 3 aromatic rings. The summed E-state index contributed by atoms with van der Waals surface area (Å²) in [7, 11) is -3.78. The fourth-order valence-corrected chi connectivity index (χ4v) is 6.72. The van der Waals surface area contributed by atoms with Crippen LogP contribution >= 0.6 is 0 Å². The second-order valence-corrected chi connectivity index (χ2v) is 11.5. The largest absolute Gasteiger partial charge is 0.477 e. The Bertz CT molecular complexity index is 1440. The van der Waals surface area contributed by atoms with Crippen molar-refractivity contribution in [3.63, 3.8) is 0 Å². The van der Waals surface area contributed by atoms with E-state index in [2.05, 4.69) is 21.8 Å². The van der Waals surface area contributed by atoms with E-state index in [1.807, 2.05) is 18.5 Å². The molecule has 3 aromatic heterocycles. The highest BCUT2D eigenvalue weighted by molar-refractivity contribution is 7.89. The highest BCUT2D eigenvalue weighted by Crippen LogP contribution is 2.34. The van der Waals surface area contributed by atoms with Gasteiger partial charge in [-0.1, -0.05) is 26.7 Å². The molecule has 1 aliphatic heterocycles. The maximum absolute atomic E-state index is 13.5. The average molecular weight is 530 g/mol. The van der Waals surface area contributed by atoms with Gasteiger partial charge in [-0.3, -0.25) is 4.79 Å². The maximum Gasteiger partial charge on any atom is 0.262 e. The number of fused-ring (bicyclic) bond motifs is 1. The molecule has 0 amide bonds. The molecule has 0 bridgehead atoms. The van der Waals surface area contributed by atoms with Crippen LogP contribution in [-0.4, -0.2) is 81.7 Å². The zero-order valence-electron chi connectivity index (χ0n) is 21.7. The molecule has 1 N–H and O–H groups in total. The topological polar surface area (TPSA) is 126 Å². The number of ether oxygens (including phenoxy) is 1. The van der Waals surface area contributed by atoms with E-state index in [9.17, 15) is 13.2 Å². The molecular weight excluding hydrogens is 494 g/mol. The Hall–Kier alpha value is -2.83. The standard InChI is InChI=1S/C25H35N7O4S/c1-4-20-21-23(32(29-20)17-9-7-8-10-17)27-22(28-24(21)33)19-15-18(16-26-25(19)36-6-3)37(34,35)31-13-11-30(5-2)12-14-31/h15-17H,4-14H2,1-3H3,(H,27,28,33). The third kappa shape index (κ3) is 4.77. The van der Waals surface area contributed by atoms with Gasteiger partial charge in [0.2, 0.25) is 15.9 Å². The number of rotatable bonds is 8. The number of likely N-dealkylation sites (N-methyl/N-ethyl adjacent to an activating group) is 1. The fourth-order valence-electron chi connectivity index (χ4n) is 5.32. The predicted molar refractivity (Wildman–Crippen MR) is 140 cm³/mol. The number of aromatic nitrogens is 5. The predicted octanol–water partition coefficient (Wildman–Crippen LogP) is 2.58. The van der Waals surface area contributed by atoms with Gasteiger partial charge in [0.1, 0.15) is 16.1 Å². The van der Waals surface area contributed by atoms with Crippen LogP contribution in [0.5, 0.6) is 5.88 Å². The minimum absolute atomic E-state index is 0.0530. The molecule has 0 unspecified atom stereocenters. The van der Waals surface area contributed by atoms with Crippen LogP contribution in [0.25, 0.3) is 22.4 Å². The summed E-state index contributed by atoms with van der Waals surface area (Å²) >= 11 is 0. The lowest BCUT2D eigenvalue weighted by Gasteiger charge is -2.33. The van der Waals surface area contributed by atoms with Gasteiger partial charge >= 0.3 is 0 Å². The Morgan fingerprint density at radius 2 is 1.84 bits per heavy atom. The van der Waals surface area contributed by atoms with Gasteiger partial charge in [-0.15, -0.1) is 0 Å². The van der Waals surface area contributed by atoms with Crippen LogP contribution in [0.4, 0.5) is 0 Å². The molecule has 0 aromatic carbocycles. The first-order chi connectivity index (χ1) is 17.9. The van der Waals surface area contributed by atoms with Gasteiger partial charge in [-0.25, -0.2) is 23.1 Å². The Labute approximate surface area is 216 Å². The molecule has 2 aliphatic rings. The monoisotopic (exact) mass is 529 g/mol. The van der Waals surface area contributed by atoms with Crippen molar-refractivity contribution in [2.24, 2.45) is 0 Å². The highest BCUT2D eigenvalue weighted by atomic mass is 32.2. The van der Waals surface area contributed by atoms with E-state index >= 15 is 0 Å². The van der Waals surface area contributed by atoms with Crippen molar-refractivity contribution in [2.75, 3.05) is 39.3 Å². The third-order valence-corrected chi connectivity index (χ3v) is 9.28. The van der Waals surface area contributed by atoms with E-state index in [0.29, 0.717) is 61.5 Å². The lowest BCUT2D eigenvalue weighted by Crippen LogP contribution is -2.48. The van der Waals surface area contributed by atoms with Crippen molar-refractivity contribution in [3.05, 3.63) is 28.3 Å². The number of H-pyrrole nitrogens is 1. The summed E-state index contributed by atoms with van der Waals surface area (Å²) in [5.74, 6) is 0.450. The van der Waals surface area contributed by atoms with Gasteiger partial charge in [-0.2, -0.15) is 9.40 Å². The number of aromatic amines is 1. The first-order valence-electron chi connectivity index (χ1n) is 13.2. The number of nitrogens with zero attached hydrogens (tertiary/aromatic N) is 6. The smallest absolute Gasteiger partial charge is 0.262 e. The SMILES string of the molecule is CCOc1ncc(S(=O)(=O)N2CCN(CC)CC2)cc1-c1nc2c(c(CC)nn2C2CCCC2)c(=O)[nH]1. The van der Waals surface area contributed by atoms with Gasteiger partial charge in [0.25, 0.3) is 5.56 Å². The zero-order valence-corrected chi connectivity index (χ0v) is 22.6. The van der Waals surface area contributed by atoms with Crippen LogP contribution < -0.4 is 10.3 Å². The molecule has 12 heteroatoms. The summed E-state index contributed by atoms with van der Waals surface area (Å²) in [6, 6.07) is 1.71. The molecule has 5 rings (SSSR count).